The molecule has 0 spiro atoms. The molecule has 0 aliphatic carbocycles. The molecule has 1 atom stereocenters. The first-order valence-corrected chi connectivity index (χ1v) is 7.81. The van der Waals surface area contributed by atoms with Crippen LogP contribution >= 0.6 is 0 Å². The van der Waals surface area contributed by atoms with Crippen molar-refractivity contribution in [1.29, 1.82) is 0 Å². The summed E-state index contributed by atoms with van der Waals surface area (Å²) in [6.07, 6.45) is 2.06. The molecule has 1 aliphatic heterocycles. The molecule has 22 heavy (non-hydrogen) atoms. The van der Waals surface area contributed by atoms with Crippen molar-refractivity contribution in [3.05, 3.63) is 23.5 Å². The minimum absolute atomic E-state index is 0.157. The topological polar surface area (TPSA) is 62.7 Å². The predicted molar refractivity (Wildman–Crippen MR) is 84.4 cm³/mol. The van der Waals surface area contributed by atoms with Crippen LogP contribution in [-0.2, 0) is 16.1 Å². The van der Waals surface area contributed by atoms with E-state index in [1.807, 2.05) is 20.8 Å². The Morgan fingerprint density at radius 1 is 1.50 bits per heavy atom. The van der Waals surface area contributed by atoms with Gasteiger partial charge in [-0.25, -0.2) is 0 Å². The van der Waals surface area contributed by atoms with Crippen molar-refractivity contribution in [2.24, 2.45) is 11.3 Å². The van der Waals surface area contributed by atoms with Crippen LogP contribution in [0.4, 0.5) is 0 Å². The minimum Gasteiger partial charge on any atom is -0.506 e. The number of hydrogen-bond acceptors (Lipinski definition) is 5. The normalized spacial score (nSPS) is 19.9. The number of carbonyl (C=O) groups excluding carboxylic acids is 1. The first-order chi connectivity index (χ1) is 10.3. The summed E-state index contributed by atoms with van der Waals surface area (Å²) in [4.78, 5) is 18.7. The van der Waals surface area contributed by atoms with Crippen molar-refractivity contribution in [1.82, 2.24) is 9.88 Å². The fourth-order valence-corrected chi connectivity index (χ4v) is 3.15. The quantitative estimate of drug-likeness (QED) is 0.866. The molecular formula is C17H26N2O3. The lowest BCUT2D eigenvalue weighted by molar-refractivity contribution is -0.155. The average molecular weight is 306 g/mol. The Labute approximate surface area is 132 Å². The molecule has 2 heterocycles. The molecule has 1 aromatic rings. The molecule has 0 radical (unpaired) electrons. The number of aromatic hydroxyl groups is 1. The van der Waals surface area contributed by atoms with Crippen LogP contribution in [0.15, 0.2) is 12.1 Å². The fourth-order valence-electron chi connectivity index (χ4n) is 3.15. The maximum absolute atomic E-state index is 12.0. The number of piperidine rings is 1. The van der Waals surface area contributed by atoms with Crippen LogP contribution in [0.25, 0.3) is 0 Å². The van der Waals surface area contributed by atoms with E-state index in [0.29, 0.717) is 12.2 Å². The molecule has 2 rings (SSSR count). The number of likely N-dealkylation sites (tertiary alicyclic amines) is 1. The Morgan fingerprint density at radius 2 is 2.23 bits per heavy atom. The van der Waals surface area contributed by atoms with Crippen molar-refractivity contribution < 1.29 is 14.6 Å². The number of esters is 1. The first-order valence-electron chi connectivity index (χ1n) is 7.81. The molecule has 122 valence electrons. The number of aromatic nitrogens is 1. The molecule has 0 amide bonds. The third kappa shape index (κ3) is 3.58. The second-order valence-electron chi connectivity index (χ2n) is 6.71. The number of methoxy groups -OCH3 is 1. The molecular weight excluding hydrogens is 280 g/mol. The Balaban J connectivity index is 2.08. The summed E-state index contributed by atoms with van der Waals surface area (Å²) in [5.41, 5.74) is 1.11. The summed E-state index contributed by atoms with van der Waals surface area (Å²) in [6.45, 7) is 8.22. The number of pyridine rings is 1. The van der Waals surface area contributed by atoms with Crippen LogP contribution in [0, 0.1) is 18.3 Å². The lowest BCUT2D eigenvalue weighted by atomic mass is 9.74. The monoisotopic (exact) mass is 306 g/mol. The predicted octanol–water partition coefficient (Wildman–Crippen LogP) is 2.51. The summed E-state index contributed by atoms with van der Waals surface area (Å²) in [7, 11) is 1.44. The molecule has 1 N–H and O–H groups in total. The summed E-state index contributed by atoms with van der Waals surface area (Å²) < 4.78 is 4.95. The molecule has 5 heteroatoms. The molecule has 0 unspecified atom stereocenters. The van der Waals surface area contributed by atoms with Crippen molar-refractivity contribution in [2.45, 2.75) is 40.2 Å². The summed E-state index contributed by atoms with van der Waals surface area (Å²) in [5, 5.41) is 9.95. The first kappa shape index (κ1) is 16.7. The van der Waals surface area contributed by atoms with E-state index < -0.39 is 5.41 Å². The van der Waals surface area contributed by atoms with E-state index in [0.717, 1.165) is 31.6 Å². The van der Waals surface area contributed by atoms with Crippen molar-refractivity contribution in [3.63, 3.8) is 0 Å². The maximum Gasteiger partial charge on any atom is 0.311 e. The highest BCUT2D eigenvalue weighted by molar-refractivity contribution is 5.76. The average Bonchev–Trinajstić information content (AvgIpc) is 2.50. The van der Waals surface area contributed by atoms with Crippen LogP contribution in [0.1, 0.15) is 38.1 Å². The zero-order chi connectivity index (χ0) is 16.3. The van der Waals surface area contributed by atoms with Crippen LogP contribution in [0.2, 0.25) is 0 Å². The van der Waals surface area contributed by atoms with Gasteiger partial charge in [0.25, 0.3) is 0 Å². The van der Waals surface area contributed by atoms with Crippen LogP contribution in [-0.4, -0.2) is 41.2 Å². The molecule has 1 saturated heterocycles. The van der Waals surface area contributed by atoms with Gasteiger partial charge in [-0.15, -0.1) is 0 Å². The maximum atomic E-state index is 12.0. The largest absolute Gasteiger partial charge is 0.506 e. The van der Waals surface area contributed by atoms with Crippen LogP contribution in [0.3, 0.4) is 0 Å². The molecule has 0 saturated carbocycles. The Bertz CT molecular complexity index is 543. The van der Waals surface area contributed by atoms with Gasteiger partial charge in [0, 0.05) is 18.8 Å². The molecule has 1 fully saturated rings. The van der Waals surface area contributed by atoms with Crippen molar-refractivity contribution >= 4 is 5.97 Å². The lowest BCUT2D eigenvalue weighted by Gasteiger charge is -2.39. The third-order valence-corrected chi connectivity index (χ3v) is 4.70. The van der Waals surface area contributed by atoms with E-state index >= 15 is 0 Å². The smallest absolute Gasteiger partial charge is 0.311 e. The Hall–Kier alpha value is -1.62. The molecule has 1 aliphatic rings. The number of nitrogens with zero attached hydrogens (tertiary/aromatic N) is 2. The second kappa shape index (κ2) is 6.65. The van der Waals surface area contributed by atoms with E-state index in [4.69, 9.17) is 4.74 Å². The Morgan fingerprint density at radius 3 is 2.91 bits per heavy atom. The van der Waals surface area contributed by atoms with Gasteiger partial charge < -0.3 is 9.84 Å². The summed E-state index contributed by atoms with van der Waals surface area (Å²) in [6, 6.07) is 3.50. The van der Waals surface area contributed by atoms with Gasteiger partial charge >= 0.3 is 5.97 Å². The lowest BCUT2D eigenvalue weighted by Crippen LogP contribution is -2.44. The molecule has 1 aromatic heterocycles. The van der Waals surface area contributed by atoms with Crippen molar-refractivity contribution in [3.8, 4) is 5.75 Å². The summed E-state index contributed by atoms with van der Waals surface area (Å²) in [5.74, 6) is 0.330. The van der Waals surface area contributed by atoms with Gasteiger partial charge in [0.1, 0.15) is 5.75 Å². The van der Waals surface area contributed by atoms with Gasteiger partial charge in [-0.3, -0.25) is 14.7 Å². The van der Waals surface area contributed by atoms with Crippen LogP contribution < -0.4 is 0 Å². The Kier molecular flexibility index (Phi) is 5.06. The van der Waals surface area contributed by atoms with Gasteiger partial charge in [-0.1, -0.05) is 0 Å². The van der Waals surface area contributed by atoms with E-state index in [9.17, 15) is 9.90 Å². The van der Waals surface area contributed by atoms with E-state index in [1.165, 1.54) is 7.11 Å². The number of carbonyl (C=O) groups is 1. The molecule has 0 aromatic carbocycles. The van der Waals surface area contributed by atoms with E-state index in [2.05, 4.69) is 9.88 Å². The second-order valence-corrected chi connectivity index (χ2v) is 6.71. The van der Waals surface area contributed by atoms with Gasteiger partial charge in [-0.2, -0.15) is 0 Å². The van der Waals surface area contributed by atoms with E-state index in [1.54, 1.807) is 12.1 Å². The van der Waals surface area contributed by atoms with Crippen molar-refractivity contribution in [2.75, 3.05) is 20.2 Å². The summed E-state index contributed by atoms with van der Waals surface area (Å²) >= 11 is 0. The molecule has 5 nitrogen and oxygen atoms in total. The van der Waals surface area contributed by atoms with Crippen LogP contribution in [0.5, 0.6) is 5.75 Å². The highest BCUT2D eigenvalue weighted by atomic mass is 16.5. The van der Waals surface area contributed by atoms with Gasteiger partial charge in [0.05, 0.1) is 18.2 Å². The SMILES string of the molecule is COC(=O)C(C)(C)[C@H]1CCCN(Cc2nc(C)ccc2O)C1. The number of ether oxygens (including phenoxy) is 1. The zero-order valence-electron chi connectivity index (χ0n) is 13.9. The fraction of sp³-hybridized carbons (Fsp3) is 0.647. The van der Waals surface area contributed by atoms with Gasteiger partial charge in [0.15, 0.2) is 0 Å². The third-order valence-electron chi connectivity index (χ3n) is 4.70. The standard InChI is InChI=1S/C17H26N2O3/c1-12-7-8-15(20)14(18-12)11-19-9-5-6-13(10-19)17(2,3)16(21)22-4/h7-8,13,20H,5-6,9-11H2,1-4H3/t13-/m0/s1. The number of rotatable bonds is 4. The number of hydrogen-bond donors (Lipinski definition) is 1. The van der Waals surface area contributed by atoms with Gasteiger partial charge in [-0.05, 0) is 58.2 Å². The minimum atomic E-state index is -0.491. The molecule has 0 bridgehead atoms. The number of aryl methyl sites for hydroxylation is 1. The highest BCUT2D eigenvalue weighted by Crippen LogP contribution is 2.35. The van der Waals surface area contributed by atoms with E-state index in [-0.39, 0.29) is 17.6 Å². The zero-order valence-corrected chi connectivity index (χ0v) is 13.9. The van der Waals surface area contributed by atoms with Gasteiger partial charge in [0.2, 0.25) is 0 Å². The highest BCUT2D eigenvalue weighted by Gasteiger charge is 2.40.